The maximum Gasteiger partial charge on any atom is 0.198 e. The van der Waals surface area contributed by atoms with Gasteiger partial charge in [0.1, 0.15) is 0 Å². The van der Waals surface area contributed by atoms with Crippen molar-refractivity contribution >= 4 is 0 Å². The zero-order valence-corrected chi connectivity index (χ0v) is 8.27. The molecule has 1 aromatic heterocycles. The van der Waals surface area contributed by atoms with Crippen LogP contribution in [0.25, 0.3) is 11.3 Å². The molecule has 0 saturated heterocycles. The summed E-state index contributed by atoms with van der Waals surface area (Å²) in [7, 11) is 1.59. The van der Waals surface area contributed by atoms with Crippen LogP contribution >= 0.6 is 0 Å². The van der Waals surface area contributed by atoms with Gasteiger partial charge < -0.3 is 4.57 Å². The highest BCUT2D eigenvalue weighted by atomic mass is 19.2. The second-order valence-corrected chi connectivity index (χ2v) is 3.35. The lowest BCUT2D eigenvalue weighted by molar-refractivity contribution is 0.410. The lowest BCUT2D eigenvalue weighted by atomic mass is 10.1. The lowest BCUT2D eigenvalue weighted by Crippen LogP contribution is -2.00. The average Bonchev–Trinajstić information content (AvgIpc) is 2.67. The van der Waals surface area contributed by atoms with Gasteiger partial charge in [-0.2, -0.15) is 0 Å². The molecule has 0 aliphatic carbocycles. The minimum absolute atomic E-state index is 0.273. The van der Waals surface area contributed by atoms with E-state index in [2.05, 4.69) is 0 Å². The van der Waals surface area contributed by atoms with E-state index in [0.717, 1.165) is 0 Å². The van der Waals surface area contributed by atoms with Crippen LogP contribution in [0.4, 0.5) is 17.6 Å². The highest BCUT2D eigenvalue weighted by Gasteiger charge is 2.20. The van der Waals surface area contributed by atoms with Crippen LogP contribution in [0.1, 0.15) is 0 Å². The number of hydrogen-bond donors (Lipinski definition) is 0. The summed E-state index contributed by atoms with van der Waals surface area (Å²) >= 11 is 0. The molecule has 0 aliphatic rings. The van der Waals surface area contributed by atoms with Crippen molar-refractivity contribution in [3.8, 4) is 11.3 Å². The van der Waals surface area contributed by atoms with E-state index in [1.54, 1.807) is 19.3 Å². The predicted octanol–water partition coefficient (Wildman–Crippen LogP) is 3.25. The SMILES string of the molecule is Cn1cccc1-c1cc(F)c(F)c(F)c1F. The van der Waals surface area contributed by atoms with Crippen LogP contribution in [0.2, 0.25) is 0 Å². The summed E-state index contributed by atoms with van der Waals surface area (Å²) in [6, 6.07) is 3.71. The molecule has 0 atom stereocenters. The van der Waals surface area contributed by atoms with Crippen molar-refractivity contribution in [3.63, 3.8) is 0 Å². The van der Waals surface area contributed by atoms with E-state index in [1.165, 1.54) is 10.6 Å². The molecule has 2 aromatic rings. The molecule has 16 heavy (non-hydrogen) atoms. The Balaban J connectivity index is 2.72. The van der Waals surface area contributed by atoms with E-state index in [9.17, 15) is 17.6 Å². The van der Waals surface area contributed by atoms with Crippen molar-refractivity contribution < 1.29 is 17.6 Å². The van der Waals surface area contributed by atoms with Gasteiger partial charge in [-0.05, 0) is 18.2 Å². The molecule has 0 fully saturated rings. The second-order valence-electron chi connectivity index (χ2n) is 3.35. The van der Waals surface area contributed by atoms with Crippen molar-refractivity contribution in [2.24, 2.45) is 7.05 Å². The monoisotopic (exact) mass is 229 g/mol. The Morgan fingerprint density at radius 1 is 1.00 bits per heavy atom. The van der Waals surface area contributed by atoms with Crippen LogP contribution in [0.5, 0.6) is 0 Å². The van der Waals surface area contributed by atoms with Crippen molar-refractivity contribution in [1.82, 2.24) is 4.57 Å². The van der Waals surface area contributed by atoms with E-state index in [0.29, 0.717) is 6.07 Å². The molecular weight excluding hydrogens is 222 g/mol. The Bertz CT molecular complexity index is 545. The summed E-state index contributed by atoms with van der Waals surface area (Å²) < 4.78 is 53.5. The number of aromatic nitrogens is 1. The number of benzene rings is 1. The standard InChI is InChI=1S/C11H7F4N/c1-16-4-2-3-8(16)6-5-7(12)10(14)11(15)9(6)13/h2-5H,1H3. The molecule has 0 saturated carbocycles. The van der Waals surface area contributed by atoms with E-state index < -0.39 is 23.3 Å². The van der Waals surface area contributed by atoms with Gasteiger partial charge in [-0.25, -0.2) is 17.6 Å². The van der Waals surface area contributed by atoms with Crippen LogP contribution in [0.15, 0.2) is 24.4 Å². The molecule has 0 N–H and O–H groups in total. The molecular formula is C11H7F4N. The third kappa shape index (κ3) is 1.48. The fraction of sp³-hybridized carbons (Fsp3) is 0.0909. The predicted molar refractivity (Wildman–Crippen MR) is 50.7 cm³/mol. The summed E-state index contributed by atoms with van der Waals surface area (Å²) in [5.74, 6) is -6.39. The van der Waals surface area contributed by atoms with Gasteiger partial charge in [0.05, 0.1) is 5.69 Å². The second kappa shape index (κ2) is 3.66. The van der Waals surface area contributed by atoms with Gasteiger partial charge in [-0.1, -0.05) is 0 Å². The van der Waals surface area contributed by atoms with Crippen LogP contribution < -0.4 is 0 Å². The molecule has 0 amide bonds. The van der Waals surface area contributed by atoms with Crippen LogP contribution in [0.3, 0.4) is 0 Å². The van der Waals surface area contributed by atoms with E-state index in [1.807, 2.05) is 0 Å². The molecule has 0 radical (unpaired) electrons. The summed E-state index contributed by atoms with van der Waals surface area (Å²) in [6.45, 7) is 0. The zero-order chi connectivity index (χ0) is 11.9. The first kappa shape index (κ1) is 10.7. The third-order valence-electron chi connectivity index (χ3n) is 2.32. The lowest BCUT2D eigenvalue weighted by Gasteiger charge is -2.07. The van der Waals surface area contributed by atoms with E-state index >= 15 is 0 Å². The van der Waals surface area contributed by atoms with E-state index in [-0.39, 0.29) is 11.3 Å². The average molecular weight is 229 g/mol. The normalized spacial score (nSPS) is 10.8. The van der Waals surface area contributed by atoms with Crippen molar-refractivity contribution in [2.75, 3.05) is 0 Å². The number of rotatable bonds is 1. The van der Waals surface area contributed by atoms with Crippen molar-refractivity contribution in [1.29, 1.82) is 0 Å². The Kier molecular flexibility index (Phi) is 2.46. The Hall–Kier alpha value is -1.78. The molecule has 1 heterocycles. The Labute approximate surface area is 88.9 Å². The highest BCUT2D eigenvalue weighted by Crippen LogP contribution is 2.27. The van der Waals surface area contributed by atoms with Gasteiger partial charge in [0.2, 0.25) is 0 Å². The smallest absolute Gasteiger partial charge is 0.198 e. The van der Waals surface area contributed by atoms with Gasteiger partial charge in [-0.3, -0.25) is 0 Å². The quantitative estimate of drug-likeness (QED) is 0.402. The minimum atomic E-state index is -1.80. The summed E-state index contributed by atoms with van der Waals surface area (Å²) in [4.78, 5) is 0. The molecule has 5 heteroatoms. The largest absolute Gasteiger partial charge is 0.350 e. The molecule has 1 nitrogen and oxygen atoms in total. The summed E-state index contributed by atoms with van der Waals surface area (Å²) in [5, 5.41) is 0. The number of aryl methyl sites for hydroxylation is 1. The zero-order valence-electron chi connectivity index (χ0n) is 8.27. The van der Waals surface area contributed by atoms with Gasteiger partial charge in [-0.15, -0.1) is 0 Å². The third-order valence-corrected chi connectivity index (χ3v) is 2.32. The first-order valence-corrected chi connectivity index (χ1v) is 4.47. The molecule has 0 spiro atoms. The Morgan fingerprint density at radius 2 is 1.69 bits per heavy atom. The van der Waals surface area contributed by atoms with Crippen molar-refractivity contribution in [3.05, 3.63) is 47.7 Å². The van der Waals surface area contributed by atoms with Crippen LogP contribution in [-0.4, -0.2) is 4.57 Å². The van der Waals surface area contributed by atoms with Crippen LogP contribution in [-0.2, 0) is 7.05 Å². The van der Waals surface area contributed by atoms with Gasteiger partial charge in [0.25, 0.3) is 0 Å². The van der Waals surface area contributed by atoms with Gasteiger partial charge >= 0.3 is 0 Å². The summed E-state index contributed by atoms with van der Waals surface area (Å²) in [5.41, 5.74) is -0.0285. The fourth-order valence-corrected chi connectivity index (χ4v) is 1.50. The molecule has 1 aromatic carbocycles. The fourth-order valence-electron chi connectivity index (χ4n) is 1.50. The minimum Gasteiger partial charge on any atom is -0.350 e. The highest BCUT2D eigenvalue weighted by molar-refractivity contribution is 5.61. The molecule has 84 valence electrons. The maximum absolute atomic E-state index is 13.4. The molecule has 0 bridgehead atoms. The maximum atomic E-state index is 13.4. The van der Waals surface area contributed by atoms with Gasteiger partial charge in [0.15, 0.2) is 23.3 Å². The van der Waals surface area contributed by atoms with Crippen molar-refractivity contribution in [2.45, 2.75) is 0 Å². The topological polar surface area (TPSA) is 4.93 Å². The first-order chi connectivity index (χ1) is 7.52. The van der Waals surface area contributed by atoms with Gasteiger partial charge in [0, 0.05) is 18.8 Å². The summed E-state index contributed by atoms with van der Waals surface area (Å²) in [6.07, 6.45) is 1.59. The van der Waals surface area contributed by atoms with E-state index in [4.69, 9.17) is 0 Å². The number of halogens is 4. The first-order valence-electron chi connectivity index (χ1n) is 4.47. The molecule has 0 aliphatic heterocycles. The number of nitrogens with zero attached hydrogens (tertiary/aromatic N) is 1. The molecule has 0 unspecified atom stereocenters. The molecule has 2 rings (SSSR count). The number of hydrogen-bond acceptors (Lipinski definition) is 0. The Morgan fingerprint density at radius 3 is 2.25 bits per heavy atom. The van der Waals surface area contributed by atoms with Crippen LogP contribution in [0, 0.1) is 23.3 Å².